The van der Waals surface area contributed by atoms with Gasteiger partial charge in [-0.15, -0.1) is 0 Å². The quantitative estimate of drug-likeness (QED) is 0.776. The number of anilines is 1. The molecule has 1 saturated carbocycles. The Bertz CT molecular complexity index is 988. The zero-order chi connectivity index (χ0) is 18.7. The predicted molar refractivity (Wildman–Crippen MR) is 92.8 cm³/mol. The number of aromatic nitrogens is 1. The van der Waals surface area contributed by atoms with Crippen molar-refractivity contribution >= 4 is 22.6 Å². The van der Waals surface area contributed by atoms with Crippen molar-refractivity contribution in [1.29, 1.82) is 0 Å². The predicted octanol–water partition coefficient (Wildman–Crippen LogP) is 2.17. The first-order valence-electron chi connectivity index (χ1n) is 8.61. The molecule has 3 atom stereocenters. The molecule has 3 unspecified atom stereocenters. The Morgan fingerprint density at radius 3 is 2.65 bits per heavy atom. The number of carbonyl (C=O) groups is 1. The number of hydrogen-bond acceptors (Lipinski definition) is 4. The molecule has 6 nitrogen and oxygen atoms in total. The lowest BCUT2D eigenvalue weighted by atomic mass is 10.0. The SMILES string of the molecule is CC1CC1c1[nH]c2c(F)c(N3CCC(N)C3)c(F)cc2c(=O)c1C(=O)O. The van der Waals surface area contributed by atoms with Crippen LogP contribution >= 0.6 is 0 Å². The van der Waals surface area contributed by atoms with Crippen LogP contribution in [0.15, 0.2) is 10.9 Å². The molecule has 0 spiro atoms. The van der Waals surface area contributed by atoms with Gasteiger partial charge in [0.15, 0.2) is 5.82 Å². The molecule has 4 N–H and O–H groups in total. The van der Waals surface area contributed by atoms with Gasteiger partial charge in [0.25, 0.3) is 0 Å². The average Bonchev–Trinajstić information content (AvgIpc) is 3.14. The summed E-state index contributed by atoms with van der Waals surface area (Å²) < 4.78 is 29.7. The summed E-state index contributed by atoms with van der Waals surface area (Å²) in [5, 5.41) is 9.14. The van der Waals surface area contributed by atoms with Crippen molar-refractivity contribution in [3.8, 4) is 0 Å². The van der Waals surface area contributed by atoms with Crippen molar-refractivity contribution in [3.63, 3.8) is 0 Å². The number of aromatic amines is 1. The van der Waals surface area contributed by atoms with Crippen molar-refractivity contribution in [2.75, 3.05) is 18.0 Å². The highest BCUT2D eigenvalue weighted by Gasteiger charge is 2.39. The third-order valence-corrected chi connectivity index (χ3v) is 5.43. The topological polar surface area (TPSA) is 99.4 Å². The second-order valence-electron chi connectivity index (χ2n) is 7.31. The Balaban J connectivity index is 1.98. The fourth-order valence-electron chi connectivity index (χ4n) is 3.86. The molecule has 1 saturated heterocycles. The Labute approximate surface area is 147 Å². The maximum Gasteiger partial charge on any atom is 0.341 e. The molecule has 0 bridgehead atoms. The lowest BCUT2D eigenvalue weighted by Gasteiger charge is -2.21. The summed E-state index contributed by atoms with van der Waals surface area (Å²) in [6.45, 7) is 2.67. The Kier molecular flexibility index (Phi) is 3.76. The van der Waals surface area contributed by atoms with E-state index in [4.69, 9.17) is 5.73 Å². The van der Waals surface area contributed by atoms with Crippen LogP contribution in [0.2, 0.25) is 0 Å². The molecular formula is C18H19F2N3O3. The van der Waals surface area contributed by atoms with Crippen LogP contribution in [0.5, 0.6) is 0 Å². The van der Waals surface area contributed by atoms with E-state index in [0.29, 0.717) is 19.5 Å². The van der Waals surface area contributed by atoms with Gasteiger partial charge >= 0.3 is 5.97 Å². The van der Waals surface area contributed by atoms with Gasteiger partial charge in [0.1, 0.15) is 17.1 Å². The van der Waals surface area contributed by atoms with Gasteiger partial charge in [-0.3, -0.25) is 4.79 Å². The first kappa shape index (κ1) is 17.0. The first-order chi connectivity index (χ1) is 12.3. The third kappa shape index (κ3) is 2.47. The Morgan fingerprint density at radius 1 is 1.42 bits per heavy atom. The van der Waals surface area contributed by atoms with E-state index in [2.05, 4.69) is 4.98 Å². The fourth-order valence-corrected chi connectivity index (χ4v) is 3.86. The van der Waals surface area contributed by atoms with Crippen LogP contribution in [0.3, 0.4) is 0 Å². The maximum absolute atomic E-state index is 15.1. The molecule has 1 aliphatic carbocycles. The van der Waals surface area contributed by atoms with E-state index in [1.165, 1.54) is 4.90 Å². The van der Waals surface area contributed by atoms with Gasteiger partial charge in [0.05, 0.1) is 10.9 Å². The summed E-state index contributed by atoms with van der Waals surface area (Å²) in [5.74, 6) is -3.08. The van der Waals surface area contributed by atoms with Gasteiger partial charge in [-0.05, 0) is 24.8 Å². The van der Waals surface area contributed by atoms with E-state index in [0.717, 1.165) is 12.5 Å². The van der Waals surface area contributed by atoms with E-state index < -0.39 is 28.6 Å². The Hall–Kier alpha value is -2.48. The van der Waals surface area contributed by atoms with Crippen LogP contribution < -0.4 is 16.1 Å². The molecule has 138 valence electrons. The molecule has 2 aromatic rings. The minimum Gasteiger partial charge on any atom is -0.477 e. The van der Waals surface area contributed by atoms with Crippen LogP contribution in [0.4, 0.5) is 14.5 Å². The fraction of sp³-hybridized carbons (Fsp3) is 0.444. The van der Waals surface area contributed by atoms with Crippen molar-refractivity contribution in [2.24, 2.45) is 11.7 Å². The molecule has 2 aliphatic rings. The molecule has 1 aromatic carbocycles. The second kappa shape index (κ2) is 5.77. The maximum atomic E-state index is 15.1. The van der Waals surface area contributed by atoms with Gasteiger partial charge < -0.3 is 20.7 Å². The molecule has 0 amide bonds. The minimum atomic E-state index is -1.39. The largest absolute Gasteiger partial charge is 0.477 e. The number of carboxylic acids is 1. The normalized spacial score (nSPS) is 25.1. The second-order valence-corrected chi connectivity index (χ2v) is 7.31. The van der Waals surface area contributed by atoms with Crippen molar-refractivity contribution < 1.29 is 18.7 Å². The van der Waals surface area contributed by atoms with E-state index in [1.807, 2.05) is 6.92 Å². The standard InChI is InChI=1S/C18H19F2N3O3/c1-7-4-9(7)14-12(18(25)26)17(24)10-5-11(19)16(13(20)15(10)22-14)23-3-2-8(21)6-23/h5,7-9H,2-4,6,21H2,1H3,(H,22,24)(H,25,26). The highest BCUT2D eigenvalue weighted by Crippen LogP contribution is 2.47. The van der Waals surface area contributed by atoms with Crippen molar-refractivity contribution in [2.45, 2.75) is 31.7 Å². The van der Waals surface area contributed by atoms with E-state index in [9.17, 15) is 19.1 Å². The van der Waals surface area contributed by atoms with E-state index in [1.54, 1.807) is 0 Å². The third-order valence-electron chi connectivity index (χ3n) is 5.43. The van der Waals surface area contributed by atoms with E-state index >= 15 is 4.39 Å². The first-order valence-corrected chi connectivity index (χ1v) is 8.61. The van der Waals surface area contributed by atoms with Crippen LogP contribution in [0, 0.1) is 17.6 Å². The summed E-state index contributed by atoms with van der Waals surface area (Å²) in [7, 11) is 0. The number of pyridine rings is 1. The van der Waals surface area contributed by atoms with Crippen molar-refractivity contribution in [1.82, 2.24) is 4.98 Å². The Morgan fingerprint density at radius 2 is 2.12 bits per heavy atom. The van der Waals surface area contributed by atoms with E-state index in [-0.39, 0.29) is 40.2 Å². The lowest BCUT2D eigenvalue weighted by Crippen LogP contribution is -2.28. The highest BCUT2D eigenvalue weighted by molar-refractivity contribution is 5.95. The molecule has 26 heavy (non-hydrogen) atoms. The zero-order valence-electron chi connectivity index (χ0n) is 14.2. The van der Waals surface area contributed by atoms with Crippen LogP contribution in [0.1, 0.15) is 41.7 Å². The summed E-state index contributed by atoms with van der Waals surface area (Å²) in [6, 6.07) is 0.754. The number of benzene rings is 1. The molecule has 2 fully saturated rings. The highest BCUT2D eigenvalue weighted by atomic mass is 19.1. The van der Waals surface area contributed by atoms with Gasteiger partial charge in [0.2, 0.25) is 5.43 Å². The molecular weight excluding hydrogens is 344 g/mol. The molecule has 4 rings (SSSR count). The molecule has 2 heterocycles. The summed E-state index contributed by atoms with van der Waals surface area (Å²) in [6.07, 6.45) is 1.34. The monoisotopic (exact) mass is 363 g/mol. The smallest absolute Gasteiger partial charge is 0.341 e. The number of nitrogens with two attached hydrogens (primary N) is 1. The molecule has 1 aromatic heterocycles. The average molecular weight is 363 g/mol. The number of hydrogen-bond donors (Lipinski definition) is 3. The molecule has 1 aliphatic heterocycles. The number of H-pyrrole nitrogens is 1. The lowest BCUT2D eigenvalue weighted by molar-refractivity contribution is 0.0694. The summed E-state index contributed by atoms with van der Waals surface area (Å²) >= 11 is 0. The van der Waals surface area contributed by atoms with Crippen LogP contribution in [-0.4, -0.2) is 35.2 Å². The number of halogens is 2. The number of fused-ring (bicyclic) bond motifs is 1. The number of aromatic carboxylic acids is 1. The zero-order valence-corrected chi connectivity index (χ0v) is 14.2. The van der Waals surface area contributed by atoms with Crippen LogP contribution in [0.25, 0.3) is 10.9 Å². The van der Waals surface area contributed by atoms with Gasteiger partial charge in [-0.25, -0.2) is 13.6 Å². The van der Waals surface area contributed by atoms with Gasteiger partial charge in [-0.1, -0.05) is 6.92 Å². The number of nitrogens with zero attached hydrogens (tertiary/aromatic N) is 1. The summed E-state index contributed by atoms with van der Waals surface area (Å²) in [4.78, 5) is 28.6. The van der Waals surface area contributed by atoms with Crippen LogP contribution in [-0.2, 0) is 0 Å². The number of nitrogens with one attached hydrogen (secondary N) is 1. The minimum absolute atomic E-state index is 0.133. The van der Waals surface area contributed by atoms with Crippen molar-refractivity contribution in [3.05, 3.63) is 39.2 Å². The number of rotatable bonds is 3. The number of carboxylic acid groups (broad SMARTS) is 1. The summed E-state index contributed by atoms with van der Waals surface area (Å²) in [5.41, 5.74) is 4.39. The molecule has 8 heteroatoms. The van der Waals surface area contributed by atoms with Gasteiger partial charge in [-0.2, -0.15) is 0 Å². The van der Waals surface area contributed by atoms with Gasteiger partial charge in [0, 0.05) is 30.7 Å². The molecule has 0 radical (unpaired) electrons.